The van der Waals surface area contributed by atoms with Crippen molar-refractivity contribution in [2.24, 2.45) is 5.73 Å². The average Bonchev–Trinajstić information content (AvgIpc) is 2.30. The second-order valence-electron chi connectivity index (χ2n) is 3.37. The third kappa shape index (κ3) is 2.91. The summed E-state index contributed by atoms with van der Waals surface area (Å²) in [4.78, 5) is 6.40. The van der Waals surface area contributed by atoms with Crippen molar-refractivity contribution in [2.45, 2.75) is 20.0 Å². The molecule has 0 saturated heterocycles. The molecule has 4 heteroatoms. The van der Waals surface area contributed by atoms with Crippen LogP contribution >= 0.6 is 0 Å². The highest BCUT2D eigenvalue weighted by Crippen LogP contribution is 2.17. The summed E-state index contributed by atoms with van der Waals surface area (Å²) in [5, 5.41) is 9.61. The Bertz CT molecular complexity index is 300. The normalized spacial score (nSPS) is 12.5. The SMILES string of the molecule is CCN(CC)c1cc(C(O)CN)ccn1. The van der Waals surface area contributed by atoms with Crippen LogP contribution in [0.2, 0.25) is 0 Å². The highest BCUT2D eigenvalue weighted by atomic mass is 16.3. The zero-order valence-corrected chi connectivity index (χ0v) is 9.35. The lowest BCUT2D eigenvalue weighted by molar-refractivity contribution is 0.186. The van der Waals surface area contributed by atoms with E-state index in [1.807, 2.05) is 6.07 Å². The standard InChI is InChI=1S/C11H19N3O/c1-3-14(4-2)11-7-9(5-6-13-11)10(15)8-12/h5-7,10,15H,3-4,8,12H2,1-2H3. The predicted octanol–water partition coefficient (Wildman–Crippen LogP) is 0.920. The number of aromatic nitrogens is 1. The van der Waals surface area contributed by atoms with Gasteiger partial charge in [0.1, 0.15) is 5.82 Å². The fourth-order valence-electron chi connectivity index (χ4n) is 1.50. The van der Waals surface area contributed by atoms with Gasteiger partial charge in [0.15, 0.2) is 0 Å². The molecule has 0 amide bonds. The van der Waals surface area contributed by atoms with Gasteiger partial charge >= 0.3 is 0 Å². The quantitative estimate of drug-likeness (QED) is 0.757. The molecule has 4 nitrogen and oxygen atoms in total. The Hall–Kier alpha value is -1.13. The minimum atomic E-state index is -0.595. The fourth-order valence-corrected chi connectivity index (χ4v) is 1.50. The summed E-state index contributed by atoms with van der Waals surface area (Å²) in [7, 11) is 0. The van der Waals surface area contributed by atoms with Crippen LogP contribution < -0.4 is 10.6 Å². The van der Waals surface area contributed by atoms with Crippen LogP contribution in [0.5, 0.6) is 0 Å². The van der Waals surface area contributed by atoms with Crippen molar-refractivity contribution in [2.75, 3.05) is 24.5 Å². The molecule has 0 aliphatic rings. The number of rotatable bonds is 5. The van der Waals surface area contributed by atoms with Crippen LogP contribution in [0.15, 0.2) is 18.3 Å². The molecule has 3 N–H and O–H groups in total. The van der Waals surface area contributed by atoms with Crippen molar-refractivity contribution in [1.82, 2.24) is 4.98 Å². The van der Waals surface area contributed by atoms with E-state index in [0.29, 0.717) is 0 Å². The Morgan fingerprint density at radius 2 is 2.13 bits per heavy atom. The largest absolute Gasteiger partial charge is 0.387 e. The van der Waals surface area contributed by atoms with E-state index in [2.05, 4.69) is 23.7 Å². The van der Waals surface area contributed by atoms with Gasteiger partial charge in [0.2, 0.25) is 0 Å². The predicted molar refractivity (Wildman–Crippen MR) is 61.8 cm³/mol. The van der Waals surface area contributed by atoms with E-state index in [9.17, 15) is 5.11 Å². The molecular formula is C11H19N3O. The van der Waals surface area contributed by atoms with Gasteiger partial charge in [-0.2, -0.15) is 0 Å². The van der Waals surface area contributed by atoms with Crippen LogP contribution in [0.1, 0.15) is 25.5 Å². The van der Waals surface area contributed by atoms with Gasteiger partial charge in [0.25, 0.3) is 0 Å². The van der Waals surface area contributed by atoms with Crippen LogP contribution in [0.3, 0.4) is 0 Å². The molecule has 0 spiro atoms. The molecule has 0 bridgehead atoms. The van der Waals surface area contributed by atoms with Crippen molar-refractivity contribution < 1.29 is 5.11 Å². The Morgan fingerprint density at radius 3 is 2.67 bits per heavy atom. The summed E-state index contributed by atoms with van der Waals surface area (Å²) in [5.74, 6) is 0.894. The lowest BCUT2D eigenvalue weighted by atomic mass is 10.1. The van der Waals surface area contributed by atoms with Gasteiger partial charge in [-0.3, -0.25) is 0 Å². The minimum Gasteiger partial charge on any atom is -0.387 e. The molecule has 0 aliphatic heterocycles. The zero-order chi connectivity index (χ0) is 11.3. The fraction of sp³-hybridized carbons (Fsp3) is 0.545. The van der Waals surface area contributed by atoms with Gasteiger partial charge in [-0.1, -0.05) is 0 Å². The number of nitrogens with two attached hydrogens (primary N) is 1. The molecule has 1 atom stereocenters. The maximum atomic E-state index is 9.61. The summed E-state index contributed by atoms with van der Waals surface area (Å²) >= 11 is 0. The van der Waals surface area contributed by atoms with Crippen molar-refractivity contribution in [1.29, 1.82) is 0 Å². The molecule has 1 rings (SSSR count). The van der Waals surface area contributed by atoms with Gasteiger partial charge in [0.05, 0.1) is 6.10 Å². The van der Waals surface area contributed by atoms with Gasteiger partial charge in [-0.05, 0) is 31.5 Å². The first-order valence-electron chi connectivity index (χ1n) is 5.31. The van der Waals surface area contributed by atoms with Crippen LogP contribution in [-0.2, 0) is 0 Å². The first-order chi connectivity index (χ1) is 7.22. The van der Waals surface area contributed by atoms with Gasteiger partial charge in [-0.15, -0.1) is 0 Å². The molecule has 15 heavy (non-hydrogen) atoms. The Balaban J connectivity index is 2.91. The summed E-state index contributed by atoms with van der Waals surface area (Å²) in [5.41, 5.74) is 6.24. The molecule has 1 aromatic rings. The summed E-state index contributed by atoms with van der Waals surface area (Å²) in [6, 6.07) is 3.69. The highest BCUT2D eigenvalue weighted by Gasteiger charge is 2.08. The van der Waals surface area contributed by atoms with E-state index in [1.165, 1.54) is 0 Å². The molecule has 1 unspecified atom stereocenters. The molecule has 0 radical (unpaired) electrons. The number of nitrogens with zero attached hydrogens (tertiary/aromatic N) is 2. The van der Waals surface area contributed by atoms with Crippen molar-refractivity contribution in [3.8, 4) is 0 Å². The smallest absolute Gasteiger partial charge is 0.128 e. The molecule has 0 saturated carbocycles. The number of anilines is 1. The van der Waals surface area contributed by atoms with Crippen LogP contribution in [0.25, 0.3) is 0 Å². The second-order valence-corrected chi connectivity index (χ2v) is 3.37. The monoisotopic (exact) mass is 209 g/mol. The summed E-state index contributed by atoms with van der Waals surface area (Å²) < 4.78 is 0. The zero-order valence-electron chi connectivity index (χ0n) is 9.35. The van der Waals surface area contributed by atoms with Crippen LogP contribution in [0.4, 0.5) is 5.82 Å². The summed E-state index contributed by atoms with van der Waals surface area (Å²) in [6.07, 6.45) is 1.12. The van der Waals surface area contributed by atoms with Gasteiger partial charge in [0, 0.05) is 25.8 Å². The first-order valence-corrected chi connectivity index (χ1v) is 5.31. The third-order valence-corrected chi connectivity index (χ3v) is 2.47. The minimum absolute atomic E-state index is 0.238. The lowest BCUT2D eigenvalue weighted by Gasteiger charge is -2.20. The van der Waals surface area contributed by atoms with E-state index >= 15 is 0 Å². The van der Waals surface area contributed by atoms with Crippen LogP contribution in [-0.4, -0.2) is 29.7 Å². The van der Waals surface area contributed by atoms with E-state index < -0.39 is 6.10 Å². The highest BCUT2D eigenvalue weighted by molar-refractivity contribution is 5.41. The summed E-state index contributed by atoms with van der Waals surface area (Å²) in [6.45, 7) is 6.22. The number of aliphatic hydroxyl groups is 1. The Labute approximate surface area is 90.7 Å². The second kappa shape index (κ2) is 5.68. The van der Waals surface area contributed by atoms with Gasteiger partial charge < -0.3 is 15.7 Å². The van der Waals surface area contributed by atoms with E-state index in [4.69, 9.17) is 5.73 Å². The van der Waals surface area contributed by atoms with Gasteiger partial charge in [-0.25, -0.2) is 4.98 Å². The van der Waals surface area contributed by atoms with Crippen molar-refractivity contribution >= 4 is 5.82 Å². The number of aliphatic hydroxyl groups excluding tert-OH is 1. The third-order valence-electron chi connectivity index (χ3n) is 2.47. The Kier molecular flexibility index (Phi) is 4.52. The number of hydrogen-bond acceptors (Lipinski definition) is 4. The molecule has 0 fully saturated rings. The van der Waals surface area contributed by atoms with E-state index in [1.54, 1.807) is 12.3 Å². The number of hydrogen-bond donors (Lipinski definition) is 2. The average molecular weight is 209 g/mol. The molecule has 1 aromatic heterocycles. The first kappa shape index (κ1) is 11.9. The molecule has 0 aliphatic carbocycles. The van der Waals surface area contributed by atoms with Crippen molar-refractivity contribution in [3.05, 3.63) is 23.9 Å². The Morgan fingerprint density at radius 1 is 1.47 bits per heavy atom. The maximum absolute atomic E-state index is 9.61. The van der Waals surface area contributed by atoms with E-state index in [-0.39, 0.29) is 6.54 Å². The molecular weight excluding hydrogens is 190 g/mol. The molecule has 84 valence electrons. The number of pyridine rings is 1. The van der Waals surface area contributed by atoms with Crippen molar-refractivity contribution in [3.63, 3.8) is 0 Å². The lowest BCUT2D eigenvalue weighted by Crippen LogP contribution is -2.23. The van der Waals surface area contributed by atoms with Crippen LogP contribution in [0, 0.1) is 0 Å². The molecule has 1 heterocycles. The molecule has 0 aromatic carbocycles. The van der Waals surface area contributed by atoms with E-state index in [0.717, 1.165) is 24.5 Å². The topological polar surface area (TPSA) is 62.4 Å². The maximum Gasteiger partial charge on any atom is 0.128 e.